The minimum Gasteiger partial charge on any atom is -0.507 e. The number of fused-ring (bicyclic) bond motifs is 1. The molecule has 0 aliphatic rings. The first-order valence-corrected chi connectivity index (χ1v) is 8.30. The number of nitrogens with zero attached hydrogens (tertiary/aromatic N) is 2. The zero-order chi connectivity index (χ0) is 19.9. The third-order valence-corrected chi connectivity index (χ3v) is 4.73. The highest BCUT2D eigenvalue weighted by atomic mass is 16.5. The Hall–Kier alpha value is -3.29. The Morgan fingerprint density at radius 3 is 2.48 bits per heavy atom. The van der Waals surface area contributed by atoms with Crippen molar-refractivity contribution < 1.29 is 19.1 Å². The Morgan fingerprint density at radius 1 is 1.19 bits per heavy atom. The molecule has 8 heteroatoms. The fourth-order valence-electron chi connectivity index (χ4n) is 3.30. The fraction of sp³-hybridized carbons (Fsp3) is 0.316. The standard InChI is InChI=1S/C19H20N2O6/c1-10-7-15(22)17(18(24)27-10)12(9-16(23)26-4)11-5-6-13-14(8-11)21(3)19(25)20(13)2/h5-8,12,22H,9H2,1-4H3/t12-/m1/s1. The second-order valence-corrected chi connectivity index (χ2v) is 6.43. The van der Waals surface area contributed by atoms with Crippen molar-refractivity contribution in [3.8, 4) is 5.75 Å². The van der Waals surface area contributed by atoms with Crippen LogP contribution in [0.4, 0.5) is 0 Å². The van der Waals surface area contributed by atoms with E-state index in [1.54, 1.807) is 39.2 Å². The lowest BCUT2D eigenvalue weighted by atomic mass is 9.88. The lowest BCUT2D eigenvalue weighted by Crippen LogP contribution is -2.19. The number of benzene rings is 1. The summed E-state index contributed by atoms with van der Waals surface area (Å²) in [6.45, 7) is 1.55. The largest absolute Gasteiger partial charge is 0.507 e. The van der Waals surface area contributed by atoms with Gasteiger partial charge >= 0.3 is 17.3 Å². The molecule has 0 aliphatic heterocycles. The molecule has 8 nitrogen and oxygen atoms in total. The van der Waals surface area contributed by atoms with Gasteiger partial charge in [0, 0.05) is 26.1 Å². The van der Waals surface area contributed by atoms with Gasteiger partial charge in [0.1, 0.15) is 11.5 Å². The maximum atomic E-state index is 12.4. The van der Waals surface area contributed by atoms with Crippen LogP contribution in [-0.4, -0.2) is 27.3 Å². The maximum absolute atomic E-state index is 12.4. The zero-order valence-electron chi connectivity index (χ0n) is 15.5. The first-order valence-electron chi connectivity index (χ1n) is 8.30. The van der Waals surface area contributed by atoms with Gasteiger partial charge in [0.05, 0.1) is 30.1 Å². The van der Waals surface area contributed by atoms with E-state index in [2.05, 4.69) is 0 Å². The highest BCUT2D eigenvalue weighted by Crippen LogP contribution is 2.33. The van der Waals surface area contributed by atoms with Gasteiger partial charge in [0.25, 0.3) is 0 Å². The van der Waals surface area contributed by atoms with Crippen molar-refractivity contribution in [3.05, 3.63) is 62.1 Å². The van der Waals surface area contributed by atoms with E-state index in [-0.39, 0.29) is 29.2 Å². The van der Waals surface area contributed by atoms with Gasteiger partial charge in [0.2, 0.25) is 0 Å². The average Bonchev–Trinajstić information content (AvgIpc) is 2.84. The summed E-state index contributed by atoms with van der Waals surface area (Å²) < 4.78 is 12.8. The molecule has 0 spiro atoms. The Balaban J connectivity index is 2.25. The second-order valence-electron chi connectivity index (χ2n) is 6.43. The molecule has 0 saturated heterocycles. The van der Waals surface area contributed by atoms with Gasteiger partial charge in [0.15, 0.2) is 0 Å². The summed E-state index contributed by atoms with van der Waals surface area (Å²) >= 11 is 0. The highest BCUT2D eigenvalue weighted by Gasteiger charge is 2.27. The van der Waals surface area contributed by atoms with E-state index in [0.29, 0.717) is 16.6 Å². The van der Waals surface area contributed by atoms with Crippen molar-refractivity contribution in [2.75, 3.05) is 7.11 Å². The first-order chi connectivity index (χ1) is 12.7. The molecule has 3 aromatic rings. The van der Waals surface area contributed by atoms with Crippen LogP contribution in [-0.2, 0) is 23.6 Å². The van der Waals surface area contributed by atoms with E-state index in [4.69, 9.17) is 9.15 Å². The smallest absolute Gasteiger partial charge is 0.343 e. The number of ether oxygens (including phenoxy) is 1. The third-order valence-electron chi connectivity index (χ3n) is 4.73. The number of aryl methyl sites for hydroxylation is 3. The minimum atomic E-state index is -0.783. The number of imidazole rings is 1. The van der Waals surface area contributed by atoms with Crippen LogP contribution in [0.2, 0.25) is 0 Å². The molecular formula is C19H20N2O6. The van der Waals surface area contributed by atoms with Gasteiger partial charge in [-0.1, -0.05) is 6.07 Å². The third kappa shape index (κ3) is 3.14. The number of methoxy groups -OCH3 is 1. The summed E-state index contributed by atoms with van der Waals surface area (Å²) in [4.78, 5) is 36.5. The number of rotatable bonds is 4. The lowest BCUT2D eigenvalue weighted by molar-refractivity contribution is -0.140. The van der Waals surface area contributed by atoms with E-state index >= 15 is 0 Å². The Morgan fingerprint density at radius 2 is 1.85 bits per heavy atom. The molecule has 27 heavy (non-hydrogen) atoms. The zero-order valence-corrected chi connectivity index (χ0v) is 15.5. The molecule has 0 aliphatic carbocycles. The summed E-state index contributed by atoms with van der Waals surface area (Å²) in [5, 5.41) is 10.3. The monoisotopic (exact) mass is 372 g/mol. The summed E-state index contributed by atoms with van der Waals surface area (Å²) in [5.74, 6) is -1.31. The Bertz CT molecular complexity index is 1150. The van der Waals surface area contributed by atoms with Crippen LogP contribution < -0.4 is 11.3 Å². The van der Waals surface area contributed by atoms with Crippen molar-refractivity contribution in [1.29, 1.82) is 0 Å². The first kappa shape index (κ1) is 18.5. The number of hydrogen-bond acceptors (Lipinski definition) is 6. The van der Waals surface area contributed by atoms with Crippen LogP contribution in [0, 0.1) is 6.92 Å². The molecule has 142 valence electrons. The Kier molecular flexibility index (Phi) is 4.65. The van der Waals surface area contributed by atoms with Crippen LogP contribution in [0.15, 0.2) is 38.3 Å². The van der Waals surface area contributed by atoms with Crippen LogP contribution in [0.5, 0.6) is 5.75 Å². The van der Waals surface area contributed by atoms with Gasteiger partial charge in [-0.05, 0) is 24.6 Å². The fourth-order valence-corrected chi connectivity index (χ4v) is 3.30. The molecular weight excluding hydrogens is 352 g/mol. The molecule has 0 bridgehead atoms. The maximum Gasteiger partial charge on any atom is 0.343 e. The van der Waals surface area contributed by atoms with Gasteiger partial charge in [-0.3, -0.25) is 13.9 Å². The van der Waals surface area contributed by atoms with Crippen molar-refractivity contribution in [3.63, 3.8) is 0 Å². The average molecular weight is 372 g/mol. The second kappa shape index (κ2) is 6.79. The SMILES string of the molecule is COC(=O)C[C@H](c1ccc2c(c1)n(C)c(=O)n2C)c1c(O)cc(C)oc1=O. The van der Waals surface area contributed by atoms with Crippen LogP contribution >= 0.6 is 0 Å². The van der Waals surface area contributed by atoms with Crippen molar-refractivity contribution >= 4 is 17.0 Å². The van der Waals surface area contributed by atoms with E-state index in [1.165, 1.54) is 22.3 Å². The molecule has 0 radical (unpaired) electrons. The summed E-state index contributed by atoms with van der Waals surface area (Å²) in [5.41, 5.74) is 1.01. The lowest BCUT2D eigenvalue weighted by Gasteiger charge is -2.17. The molecule has 3 rings (SSSR count). The molecule has 0 unspecified atom stereocenters. The summed E-state index contributed by atoms with van der Waals surface area (Å²) in [6, 6.07) is 6.51. The number of carbonyl (C=O) groups excluding carboxylic acids is 1. The molecule has 1 aromatic carbocycles. The van der Waals surface area contributed by atoms with Crippen LogP contribution in [0.1, 0.15) is 29.2 Å². The molecule has 0 fully saturated rings. The summed E-state index contributed by atoms with van der Waals surface area (Å²) in [6.07, 6.45) is -0.163. The van der Waals surface area contributed by atoms with Gasteiger partial charge in [-0.25, -0.2) is 9.59 Å². The van der Waals surface area contributed by atoms with E-state index in [9.17, 15) is 19.5 Å². The van der Waals surface area contributed by atoms with Gasteiger partial charge < -0.3 is 14.3 Å². The number of aromatic nitrogens is 2. The molecule has 2 heterocycles. The number of hydrogen-bond donors (Lipinski definition) is 1. The van der Waals surface area contributed by atoms with Crippen molar-refractivity contribution in [1.82, 2.24) is 9.13 Å². The predicted octanol–water partition coefficient (Wildman–Crippen LogP) is 1.54. The Labute approximate surface area is 154 Å². The molecule has 1 N–H and O–H groups in total. The normalized spacial score (nSPS) is 12.3. The van der Waals surface area contributed by atoms with Gasteiger partial charge in [-0.15, -0.1) is 0 Å². The summed E-state index contributed by atoms with van der Waals surface area (Å²) in [7, 11) is 4.55. The van der Waals surface area contributed by atoms with E-state index in [0.717, 1.165) is 0 Å². The highest BCUT2D eigenvalue weighted by molar-refractivity contribution is 5.78. The minimum absolute atomic E-state index is 0.0220. The van der Waals surface area contributed by atoms with Crippen molar-refractivity contribution in [2.24, 2.45) is 14.1 Å². The van der Waals surface area contributed by atoms with Gasteiger partial charge in [-0.2, -0.15) is 0 Å². The molecule has 2 aromatic heterocycles. The molecule has 1 atom stereocenters. The number of esters is 1. The number of carbonyl (C=O) groups is 1. The molecule has 0 amide bonds. The van der Waals surface area contributed by atoms with E-state index < -0.39 is 17.5 Å². The van der Waals surface area contributed by atoms with E-state index in [1.807, 2.05) is 0 Å². The van der Waals surface area contributed by atoms with Crippen molar-refractivity contribution in [2.45, 2.75) is 19.3 Å². The quantitative estimate of drug-likeness (QED) is 0.697. The van der Waals surface area contributed by atoms with Crippen LogP contribution in [0.3, 0.4) is 0 Å². The van der Waals surface area contributed by atoms with Crippen LogP contribution in [0.25, 0.3) is 11.0 Å². The number of aromatic hydroxyl groups is 1. The topological polar surface area (TPSA) is 104 Å². The molecule has 0 saturated carbocycles. The predicted molar refractivity (Wildman–Crippen MR) is 98.0 cm³/mol.